The summed E-state index contributed by atoms with van der Waals surface area (Å²) in [6.45, 7) is 3.46. The van der Waals surface area contributed by atoms with Gasteiger partial charge in [-0.25, -0.2) is 4.79 Å². The Morgan fingerprint density at radius 2 is 2.12 bits per heavy atom. The van der Waals surface area contributed by atoms with Gasteiger partial charge in [0.1, 0.15) is 17.4 Å². The zero-order valence-electron chi connectivity index (χ0n) is 14.1. The molecule has 0 saturated carbocycles. The van der Waals surface area contributed by atoms with Crippen molar-refractivity contribution >= 4 is 11.9 Å². The topological polar surface area (TPSA) is 106 Å². The summed E-state index contributed by atoms with van der Waals surface area (Å²) >= 11 is 0. The highest BCUT2D eigenvalue weighted by molar-refractivity contribution is 6.12. The first-order chi connectivity index (χ1) is 11.9. The van der Waals surface area contributed by atoms with Crippen LogP contribution in [0.2, 0.25) is 0 Å². The molecule has 7 nitrogen and oxygen atoms in total. The van der Waals surface area contributed by atoms with Crippen molar-refractivity contribution in [1.82, 2.24) is 4.90 Å². The fourth-order valence-electron chi connectivity index (χ4n) is 3.43. The van der Waals surface area contributed by atoms with Crippen LogP contribution in [0.1, 0.15) is 19.4 Å². The summed E-state index contributed by atoms with van der Waals surface area (Å²) in [5.74, 6) is -0.963. The van der Waals surface area contributed by atoms with Crippen molar-refractivity contribution in [3.8, 4) is 11.8 Å². The molecule has 0 saturated heterocycles. The Labute approximate surface area is 144 Å². The second-order valence-electron chi connectivity index (χ2n) is 5.74. The van der Waals surface area contributed by atoms with Crippen LogP contribution in [0.25, 0.3) is 0 Å². The molecule has 7 heteroatoms. The van der Waals surface area contributed by atoms with Gasteiger partial charge in [-0.3, -0.25) is 4.79 Å². The molecule has 1 aromatic carbocycles. The largest absolute Gasteiger partial charge is 0.463 e. The highest BCUT2D eigenvalue weighted by atomic mass is 16.5. The van der Waals surface area contributed by atoms with Crippen molar-refractivity contribution in [1.29, 1.82) is 5.26 Å². The van der Waals surface area contributed by atoms with Crippen molar-refractivity contribution in [3.63, 3.8) is 0 Å². The first kappa shape index (κ1) is 16.6. The van der Waals surface area contributed by atoms with Gasteiger partial charge in [0, 0.05) is 18.3 Å². The average molecular weight is 339 g/mol. The molecular weight excluding hydrogens is 322 g/mol. The number of carbonyl (C=O) groups excluding carboxylic acids is 2. The van der Waals surface area contributed by atoms with Crippen molar-refractivity contribution < 1.29 is 19.1 Å². The standard InChI is InChI=1S/C18H17N3O4/c1-4-24-16(22)14-10(2)21(3)17(23)18(14)11-7-5-6-8-13(11)25-15(20)12(18)9-19/h5-8H,4,20H2,1-3H3. The van der Waals surface area contributed by atoms with Gasteiger partial charge in [-0.05, 0) is 19.9 Å². The lowest BCUT2D eigenvalue weighted by molar-refractivity contribution is -0.140. The van der Waals surface area contributed by atoms with Gasteiger partial charge in [0.05, 0.1) is 12.2 Å². The summed E-state index contributed by atoms with van der Waals surface area (Å²) in [7, 11) is 1.55. The molecule has 0 radical (unpaired) electrons. The molecule has 0 bridgehead atoms. The number of nitrogens with two attached hydrogens (primary N) is 1. The highest BCUT2D eigenvalue weighted by Crippen LogP contribution is 2.53. The number of rotatable bonds is 2. The average Bonchev–Trinajstić information content (AvgIpc) is 2.78. The minimum atomic E-state index is -1.65. The molecule has 128 valence electrons. The molecular formula is C18H17N3O4. The van der Waals surface area contributed by atoms with Gasteiger partial charge in [0.15, 0.2) is 5.41 Å². The Balaban J connectivity index is 2.43. The smallest absolute Gasteiger partial charge is 0.337 e. The van der Waals surface area contributed by atoms with Crippen LogP contribution >= 0.6 is 0 Å². The first-order valence-electron chi connectivity index (χ1n) is 7.75. The number of fused-ring (bicyclic) bond motifs is 2. The maximum Gasteiger partial charge on any atom is 0.337 e. The summed E-state index contributed by atoms with van der Waals surface area (Å²) in [4.78, 5) is 27.3. The summed E-state index contributed by atoms with van der Waals surface area (Å²) < 4.78 is 10.7. The van der Waals surface area contributed by atoms with Crippen LogP contribution in [0.3, 0.4) is 0 Å². The number of para-hydroxylation sites is 1. The van der Waals surface area contributed by atoms with E-state index in [0.29, 0.717) is 17.0 Å². The van der Waals surface area contributed by atoms with E-state index >= 15 is 0 Å². The van der Waals surface area contributed by atoms with Gasteiger partial charge in [0.2, 0.25) is 11.8 Å². The van der Waals surface area contributed by atoms with Crippen molar-refractivity contribution in [2.75, 3.05) is 13.7 Å². The van der Waals surface area contributed by atoms with Gasteiger partial charge in [-0.1, -0.05) is 18.2 Å². The number of hydrogen-bond donors (Lipinski definition) is 1. The second-order valence-corrected chi connectivity index (χ2v) is 5.74. The number of nitriles is 1. The fourth-order valence-corrected chi connectivity index (χ4v) is 3.43. The number of ether oxygens (including phenoxy) is 2. The number of benzene rings is 1. The molecule has 1 unspecified atom stereocenters. The van der Waals surface area contributed by atoms with Crippen LogP contribution in [0.5, 0.6) is 5.75 Å². The minimum Gasteiger partial charge on any atom is -0.463 e. The molecule has 3 rings (SSSR count). The molecule has 0 aliphatic carbocycles. The van der Waals surface area contributed by atoms with E-state index in [4.69, 9.17) is 15.2 Å². The number of amides is 1. The number of hydrogen-bond acceptors (Lipinski definition) is 6. The summed E-state index contributed by atoms with van der Waals surface area (Å²) in [5, 5.41) is 9.72. The van der Waals surface area contributed by atoms with Gasteiger partial charge in [-0.15, -0.1) is 0 Å². The molecule has 2 aliphatic heterocycles. The molecule has 0 fully saturated rings. The quantitative estimate of drug-likeness (QED) is 0.815. The van der Waals surface area contributed by atoms with Crippen LogP contribution in [0.15, 0.2) is 47.0 Å². The zero-order chi connectivity index (χ0) is 18.4. The van der Waals surface area contributed by atoms with Crippen molar-refractivity contribution in [2.24, 2.45) is 5.73 Å². The monoisotopic (exact) mass is 339 g/mol. The number of allylic oxidation sites excluding steroid dienone is 1. The SMILES string of the molecule is CCOC(=O)C1=C(C)N(C)C(=O)C12C(C#N)=C(N)Oc1ccccc12. The predicted octanol–water partition coefficient (Wildman–Crippen LogP) is 1.32. The number of esters is 1. The van der Waals surface area contributed by atoms with Crippen LogP contribution < -0.4 is 10.5 Å². The maximum absolute atomic E-state index is 13.3. The zero-order valence-corrected chi connectivity index (χ0v) is 14.1. The lowest BCUT2D eigenvalue weighted by atomic mass is 9.68. The molecule has 1 spiro atoms. The predicted molar refractivity (Wildman–Crippen MR) is 87.7 cm³/mol. The Morgan fingerprint density at radius 3 is 2.76 bits per heavy atom. The van der Waals surface area contributed by atoms with Crippen LogP contribution in [-0.2, 0) is 19.7 Å². The van der Waals surface area contributed by atoms with Crippen molar-refractivity contribution in [3.05, 3.63) is 52.6 Å². The van der Waals surface area contributed by atoms with E-state index in [9.17, 15) is 14.9 Å². The third-order valence-corrected chi connectivity index (χ3v) is 4.59. The number of nitrogens with zero attached hydrogens (tertiary/aromatic N) is 2. The van der Waals surface area contributed by atoms with Gasteiger partial charge in [0.25, 0.3) is 0 Å². The van der Waals surface area contributed by atoms with E-state index in [1.807, 2.05) is 6.07 Å². The van der Waals surface area contributed by atoms with Gasteiger partial charge in [-0.2, -0.15) is 5.26 Å². The first-order valence-corrected chi connectivity index (χ1v) is 7.75. The van der Waals surface area contributed by atoms with E-state index in [1.165, 1.54) is 4.90 Å². The maximum atomic E-state index is 13.3. The third kappa shape index (κ3) is 1.97. The van der Waals surface area contributed by atoms with E-state index in [0.717, 1.165) is 0 Å². The third-order valence-electron chi connectivity index (χ3n) is 4.59. The van der Waals surface area contributed by atoms with E-state index in [2.05, 4.69) is 0 Å². The Bertz CT molecular complexity index is 894. The number of carbonyl (C=O) groups is 2. The normalized spacial score (nSPS) is 22.0. The van der Waals surface area contributed by atoms with Crippen LogP contribution in [0, 0.1) is 11.3 Å². The molecule has 2 heterocycles. The molecule has 1 amide bonds. The molecule has 2 aliphatic rings. The van der Waals surface area contributed by atoms with Gasteiger partial charge >= 0.3 is 5.97 Å². The fraction of sp³-hybridized carbons (Fsp3) is 0.278. The Hall–Kier alpha value is -3.27. The van der Waals surface area contributed by atoms with E-state index < -0.39 is 17.3 Å². The minimum absolute atomic E-state index is 0.0945. The van der Waals surface area contributed by atoms with E-state index in [-0.39, 0.29) is 23.6 Å². The Morgan fingerprint density at radius 1 is 1.44 bits per heavy atom. The lowest BCUT2D eigenvalue weighted by Crippen LogP contribution is -2.46. The molecule has 2 N–H and O–H groups in total. The summed E-state index contributed by atoms with van der Waals surface area (Å²) in [6.07, 6.45) is 0. The molecule has 1 atom stereocenters. The van der Waals surface area contributed by atoms with Gasteiger partial charge < -0.3 is 20.1 Å². The molecule has 0 aromatic heterocycles. The number of likely N-dealkylation sites (N-methyl/N-ethyl adjacent to an activating group) is 1. The van der Waals surface area contributed by atoms with Crippen molar-refractivity contribution in [2.45, 2.75) is 19.3 Å². The summed E-state index contributed by atoms with van der Waals surface area (Å²) in [5.41, 5.74) is 5.09. The Kier molecular flexibility index (Phi) is 3.76. The highest BCUT2D eigenvalue weighted by Gasteiger charge is 2.61. The summed E-state index contributed by atoms with van der Waals surface area (Å²) in [6, 6.07) is 8.70. The lowest BCUT2D eigenvalue weighted by Gasteiger charge is -2.34. The van der Waals surface area contributed by atoms with Crippen LogP contribution in [0.4, 0.5) is 0 Å². The van der Waals surface area contributed by atoms with E-state index in [1.54, 1.807) is 45.2 Å². The second kappa shape index (κ2) is 5.67. The van der Waals surface area contributed by atoms with Crippen LogP contribution in [-0.4, -0.2) is 30.4 Å². The molecule has 25 heavy (non-hydrogen) atoms. The molecule has 1 aromatic rings.